The van der Waals surface area contributed by atoms with Crippen molar-refractivity contribution in [1.82, 2.24) is 9.88 Å². The number of halogens is 1. The molecular weight excluding hydrogens is 366 g/mol. The minimum Gasteiger partial charge on any atom is -0.341 e. The summed E-state index contributed by atoms with van der Waals surface area (Å²) in [5, 5.41) is 12.2. The van der Waals surface area contributed by atoms with Gasteiger partial charge in [-0.05, 0) is 23.8 Å². The number of carbonyl (C=O) groups excluding carboxylic acids is 1. The van der Waals surface area contributed by atoms with E-state index in [1.54, 1.807) is 24.1 Å². The minimum absolute atomic E-state index is 0.00892. The van der Waals surface area contributed by atoms with Gasteiger partial charge in [-0.3, -0.25) is 4.79 Å². The summed E-state index contributed by atoms with van der Waals surface area (Å²) in [6, 6.07) is 16.9. The third-order valence-corrected chi connectivity index (χ3v) is 5.17. The van der Waals surface area contributed by atoms with Crippen LogP contribution in [0.15, 0.2) is 53.9 Å². The lowest BCUT2D eigenvalue weighted by atomic mass is 10.1. The normalized spacial score (nSPS) is 10.3. The van der Waals surface area contributed by atoms with Crippen LogP contribution < -0.4 is 0 Å². The van der Waals surface area contributed by atoms with Gasteiger partial charge in [-0.25, -0.2) is 4.98 Å². The molecule has 130 valence electrons. The molecule has 0 unspecified atom stereocenters. The molecule has 0 saturated carbocycles. The molecule has 0 N–H and O–H groups in total. The summed E-state index contributed by atoms with van der Waals surface area (Å²) in [4.78, 5) is 18.7. The van der Waals surface area contributed by atoms with Gasteiger partial charge in [0.1, 0.15) is 5.01 Å². The highest BCUT2D eigenvalue weighted by molar-refractivity contribution is 7.13. The number of thiazole rings is 1. The number of rotatable bonds is 5. The van der Waals surface area contributed by atoms with Crippen molar-refractivity contribution in [1.29, 1.82) is 5.26 Å². The van der Waals surface area contributed by atoms with E-state index in [0.29, 0.717) is 17.1 Å². The predicted octanol–water partition coefficient (Wildman–Crippen LogP) is 4.54. The molecule has 4 nitrogen and oxygen atoms in total. The number of carbonyl (C=O) groups is 1. The highest BCUT2D eigenvalue weighted by Crippen LogP contribution is 2.30. The van der Waals surface area contributed by atoms with Crippen LogP contribution in [0.1, 0.15) is 16.8 Å². The summed E-state index contributed by atoms with van der Waals surface area (Å²) >= 11 is 7.69. The quantitative estimate of drug-likeness (QED) is 0.652. The van der Waals surface area contributed by atoms with Crippen molar-refractivity contribution in [2.24, 2.45) is 0 Å². The van der Waals surface area contributed by atoms with Gasteiger partial charge in [0.15, 0.2) is 0 Å². The zero-order valence-electron chi connectivity index (χ0n) is 14.1. The molecule has 0 aliphatic carbocycles. The van der Waals surface area contributed by atoms with Crippen LogP contribution in [0.2, 0.25) is 5.02 Å². The highest BCUT2D eigenvalue weighted by Gasteiger charge is 2.14. The van der Waals surface area contributed by atoms with E-state index in [4.69, 9.17) is 16.9 Å². The lowest BCUT2D eigenvalue weighted by Gasteiger charge is -2.16. The first-order chi connectivity index (χ1) is 12.6. The minimum atomic E-state index is -0.00892. The maximum atomic E-state index is 12.5. The number of amides is 1. The van der Waals surface area contributed by atoms with Crippen LogP contribution in [0.4, 0.5) is 0 Å². The Kier molecular flexibility index (Phi) is 5.67. The molecule has 0 aliphatic rings. The molecule has 0 atom stereocenters. The van der Waals surface area contributed by atoms with Gasteiger partial charge in [0.25, 0.3) is 0 Å². The molecule has 3 rings (SSSR count). The first kappa shape index (κ1) is 18.1. The SMILES string of the molecule is CN(Cc1ccc(C#N)cc1)C(=O)Cc1csc(-c2ccccc2Cl)n1. The van der Waals surface area contributed by atoms with Gasteiger partial charge in [0, 0.05) is 24.5 Å². The van der Waals surface area contributed by atoms with Gasteiger partial charge in [0.05, 0.1) is 28.8 Å². The molecule has 6 heteroatoms. The molecule has 26 heavy (non-hydrogen) atoms. The molecule has 0 spiro atoms. The zero-order valence-corrected chi connectivity index (χ0v) is 15.7. The van der Waals surface area contributed by atoms with E-state index in [0.717, 1.165) is 21.8 Å². The van der Waals surface area contributed by atoms with Gasteiger partial charge in [-0.2, -0.15) is 5.26 Å². The third kappa shape index (κ3) is 4.29. The summed E-state index contributed by atoms with van der Waals surface area (Å²) in [5.74, 6) is -0.00892. The van der Waals surface area contributed by atoms with Crippen LogP contribution in [0, 0.1) is 11.3 Å². The van der Waals surface area contributed by atoms with Crippen molar-refractivity contribution in [2.45, 2.75) is 13.0 Å². The topological polar surface area (TPSA) is 57.0 Å². The number of nitriles is 1. The summed E-state index contributed by atoms with van der Waals surface area (Å²) in [7, 11) is 1.77. The van der Waals surface area contributed by atoms with Crippen molar-refractivity contribution in [2.75, 3.05) is 7.05 Å². The lowest BCUT2D eigenvalue weighted by molar-refractivity contribution is -0.129. The Bertz CT molecular complexity index is 960. The Morgan fingerprint density at radius 2 is 1.96 bits per heavy atom. The predicted molar refractivity (Wildman–Crippen MR) is 104 cm³/mol. The smallest absolute Gasteiger partial charge is 0.228 e. The monoisotopic (exact) mass is 381 g/mol. The molecule has 0 radical (unpaired) electrons. The number of hydrogen-bond donors (Lipinski definition) is 0. The lowest BCUT2D eigenvalue weighted by Crippen LogP contribution is -2.27. The largest absolute Gasteiger partial charge is 0.341 e. The molecule has 3 aromatic rings. The van der Waals surface area contributed by atoms with Crippen LogP contribution in [-0.4, -0.2) is 22.8 Å². The fraction of sp³-hybridized carbons (Fsp3) is 0.150. The molecule has 0 bridgehead atoms. The Morgan fingerprint density at radius 1 is 1.23 bits per heavy atom. The molecule has 1 heterocycles. The molecule has 0 fully saturated rings. The molecule has 0 aliphatic heterocycles. The fourth-order valence-electron chi connectivity index (χ4n) is 2.48. The van der Waals surface area contributed by atoms with Crippen molar-refractivity contribution in [3.8, 4) is 16.6 Å². The maximum absolute atomic E-state index is 12.5. The summed E-state index contributed by atoms with van der Waals surface area (Å²) < 4.78 is 0. The Hall–Kier alpha value is -2.68. The van der Waals surface area contributed by atoms with E-state index in [1.165, 1.54) is 11.3 Å². The summed E-state index contributed by atoms with van der Waals surface area (Å²) in [5.41, 5.74) is 3.21. The maximum Gasteiger partial charge on any atom is 0.228 e. The van der Waals surface area contributed by atoms with Crippen molar-refractivity contribution in [3.63, 3.8) is 0 Å². The molecule has 0 saturated heterocycles. The van der Waals surface area contributed by atoms with E-state index in [-0.39, 0.29) is 12.3 Å². The number of nitrogens with zero attached hydrogens (tertiary/aromatic N) is 3. The van der Waals surface area contributed by atoms with Crippen LogP contribution in [0.5, 0.6) is 0 Å². The van der Waals surface area contributed by atoms with Crippen molar-refractivity contribution in [3.05, 3.63) is 75.8 Å². The van der Waals surface area contributed by atoms with Crippen LogP contribution in [-0.2, 0) is 17.8 Å². The van der Waals surface area contributed by atoms with E-state index < -0.39 is 0 Å². The second-order valence-electron chi connectivity index (χ2n) is 5.86. The van der Waals surface area contributed by atoms with E-state index in [2.05, 4.69) is 11.1 Å². The van der Waals surface area contributed by atoms with Gasteiger partial charge >= 0.3 is 0 Å². The molecular formula is C20H16ClN3OS. The first-order valence-electron chi connectivity index (χ1n) is 7.99. The Labute approximate surface area is 161 Å². The van der Waals surface area contributed by atoms with Gasteiger partial charge < -0.3 is 4.90 Å². The summed E-state index contributed by atoms with van der Waals surface area (Å²) in [6.07, 6.45) is 0.244. The first-order valence-corrected chi connectivity index (χ1v) is 9.25. The van der Waals surface area contributed by atoms with Crippen molar-refractivity contribution >= 4 is 28.8 Å². The van der Waals surface area contributed by atoms with Crippen LogP contribution >= 0.6 is 22.9 Å². The second-order valence-corrected chi connectivity index (χ2v) is 7.12. The molecule has 1 amide bonds. The van der Waals surface area contributed by atoms with E-state index in [9.17, 15) is 4.79 Å². The van der Waals surface area contributed by atoms with Crippen molar-refractivity contribution < 1.29 is 4.79 Å². The van der Waals surface area contributed by atoms with E-state index >= 15 is 0 Å². The third-order valence-electron chi connectivity index (χ3n) is 3.92. The fourth-order valence-corrected chi connectivity index (χ4v) is 3.62. The number of hydrogen-bond acceptors (Lipinski definition) is 4. The standard InChI is InChI=1S/C20H16ClN3OS/c1-24(12-15-8-6-14(11-22)7-9-15)19(25)10-16-13-26-20(23-16)17-4-2-3-5-18(17)21/h2-9,13H,10,12H2,1H3. The number of benzene rings is 2. The van der Waals surface area contributed by atoms with Crippen LogP contribution in [0.25, 0.3) is 10.6 Å². The Balaban J connectivity index is 1.64. The average molecular weight is 382 g/mol. The average Bonchev–Trinajstić information content (AvgIpc) is 3.11. The molecule has 1 aromatic heterocycles. The zero-order chi connectivity index (χ0) is 18.5. The van der Waals surface area contributed by atoms with Crippen LogP contribution in [0.3, 0.4) is 0 Å². The van der Waals surface area contributed by atoms with E-state index in [1.807, 2.05) is 41.8 Å². The van der Waals surface area contributed by atoms with Gasteiger partial charge in [0.2, 0.25) is 5.91 Å². The summed E-state index contributed by atoms with van der Waals surface area (Å²) in [6.45, 7) is 0.492. The van der Waals surface area contributed by atoms with Gasteiger partial charge in [-0.1, -0.05) is 41.9 Å². The molecule has 2 aromatic carbocycles. The van der Waals surface area contributed by atoms with Gasteiger partial charge in [-0.15, -0.1) is 11.3 Å². The Morgan fingerprint density at radius 3 is 2.65 bits per heavy atom. The number of likely N-dealkylation sites (N-methyl/N-ethyl adjacent to an activating group) is 1. The highest BCUT2D eigenvalue weighted by atomic mass is 35.5. The second kappa shape index (κ2) is 8.13. The number of aromatic nitrogens is 1.